The number of nitrogens with two attached hydrogens (primary N) is 1. The third kappa shape index (κ3) is 3.22. The molecule has 0 heterocycles. The summed E-state index contributed by atoms with van der Waals surface area (Å²) in [6.07, 6.45) is 4.62. The standard InChI is InChI=1S/C15H22N2O3/c1-20-12-7-5-6-11(16)13(12)14(18)17-10-15(19)8-3-2-4-9-15/h5-7,19H,2-4,8-10,16H2,1H3,(H,17,18). The van der Waals surface area contributed by atoms with E-state index in [4.69, 9.17) is 10.5 Å². The first kappa shape index (κ1) is 14.7. The zero-order valence-corrected chi connectivity index (χ0v) is 11.8. The molecule has 1 aliphatic carbocycles. The molecule has 0 radical (unpaired) electrons. The highest BCUT2D eigenvalue weighted by Crippen LogP contribution is 2.28. The van der Waals surface area contributed by atoms with Crippen LogP contribution in [0.3, 0.4) is 0 Å². The number of methoxy groups -OCH3 is 1. The van der Waals surface area contributed by atoms with Gasteiger partial charge in [-0.05, 0) is 25.0 Å². The van der Waals surface area contributed by atoms with Crippen LogP contribution in [0, 0.1) is 0 Å². The van der Waals surface area contributed by atoms with E-state index in [2.05, 4.69) is 5.32 Å². The third-order valence-corrected chi connectivity index (χ3v) is 3.87. The van der Waals surface area contributed by atoms with Gasteiger partial charge >= 0.3 is 0 Å². The highest BCUT2D eigenvalue weighted by molar-refractivity contribution is 6.01. The van der Waals surface area contributed by atoms with Gasteiger partial charge in [0.1, 0.15) is 11.3 Å². The normalized spacial score (nSPS) is 17.5. The Morgan fingerprint density at radius 3 is 2.75 bits per heavy atom. The zero-order chi connectivity index (χ0) is 14.6. The van der Waals surface area contributed by atoms with Crippen LogP contribution >= 0.6 is 0 Å². The fourth-order valence-corrected chi connectivity index (χ4v) is 2.68. The molecule has 0 atom stereocenters. The molecular weight excluding hydrogens is 256 g/mol. The summed E-state index contributed by atoms with van der Waals surface area (Å²) < 4.78 is 5.16. The molecule has 1 amide bonds. The van der Waals surface area contributed by atoms with Crippen LogP contribution in [-0.2, 0) is 0 Å². The summed E-state index contributed by atoms with van der Waals surface area (Å²) in [7, 11) is 1.50. The number of rotatable bonds is 4. The van der Waals surface area contributed by atoms with Gasteiger partial charge in [0.05, 0.1) is 12.7 Å². The molecule has 1 aromatic rings. The van der Waals surface area contributed by atoms with Gasteiger partial charge in [-0.25, -0.2) is 0 Å². The molecule has 1 saturated carbocycles. The maximum absolute atomic E-state index is 12.2. The van der Waals surface area contributed by atoms with Crippen molar-refractivity contribution in [1.82, 2.24) is 5.32 Å². The van der Waals surface area contributed by atoms with E-state index in [-0.39, 0.29) is 12.5 Å². The highest BCUT2D eigenvalue weighted by atomic mass is 16.5. The molecule has 0 unspecified atom stereocenters. The molecule has 0 aliphatic heterocycles. The summed E-state index contributed by atoms with van der Waals surface area (Å²) in [5.41, 5.74) is 5.75. The van der Waals surface area contributed by atoms with E-state index in [0.29, 0.717) is 17.0 Å². The molecule has 20 heavy (non-hydrogen) atoms. The van der Waals surface area contributed by atoms with Gasteiger partial charge in [0.25, 0.3) is 5.91 Å². The Labute approximate surface area is 119 Å². The van der Waals surface area contributed by atoms with Crippen LogP contribution in [0.15, 0.2) is 18.2 Å². The number of amides is 1. The number of hydrogen-bond donors (Lipinski definition) is 3. The number of nitrogens with one attached hydrogen (secondary N) is 1. The van der Waals surface area contributed by atoms with Gasteiger partial charge in [-0.15, -0.1) is 0 Å². The molecule has 0 saturated heterocycles. The Balaban J connectivity index is 2.05. The van der Waals surface area contributed by atoms with Gasteiger partial charge < -0.3 is 20.9 Å². The number of aliphatic hydroxyl groups is 1. The molecule has 1 aliphatic rings. The van der Waals surface area contributed by atoms with Crippen LogP contribution in [0.25, 0.3) is 0 Å². The molecule has 1 fully saturated rings. The third-order valence-electron chi connectivity index (χ3n) is 3.87. The van der Waals surface area contributed by atoms with E-state index in [1.54, 1.807) is 18.2 Å². The first-order valence-corrected chi connectivity index (χ1v) is 6.99. The van der Waals surface area contributed by atoms with Gasteiger partial charge in [0, 0.05) is 12.2 Å². The summed E-state index contributed by atoms with van der Waals surface area (Å²) in [5, 5.41) is 13.2. The lowest BCUT2D eigenvalue weighted by Crippen LogP contribution is -2.44. The number of anilines is 1. The maximum atomic E-state index is 12.2. The molecule has 1 aromatic carbocycles. The summed E-state index contributed by atoms with van der Waals surface area (Å²) >= 11 is 0. The predicted molar refractivity (Wildman–Crippen MR) is 77.8 cm³/mol. The van der Waals surface area contributed by atoms with Crippen LogP contribution in [0.5, 0.6) is 5.75 Å². The van der Waals surface area contributed by atoms with E-state index < -0.39 is 5.60 Å². The Bertz CT molecular complexity index is 482. The van der Waals surface area contributed by atoms with E-state index >= 15 is 0 Å². The van der Waals surface area contributed by atoms with E-state index in [9.17, 15) is 9.90 Å². The Morgan fingerprint density at radius 2 is 2.10 bits per heavy atom. The van der Waals surface area contributed by atoms with Crippen LogP contribution in [0.2, 0.25) is 0 Å². The molecule has 0 spiro atoms. The Hall–Kier alpha value is -1.75. The number of carbonyl (C=O) groups excluding carboxylic acids is 1. The minimum atomic E-state index is -0.787. The van der Waals surface area contributed by atoms with Crippen molar-refractivity contribution in [1.29, 1.82) is 0 Å². The first-order valence-electron chi connectivity index (χ1n) is 6.99. The topological polar surface area (TPSA) is 84.6 Å². The van der Waals surface area contributed by atoms with Gasteiger partial charge in [-0.2, -0.15) is 0 Å². The van der Waals surface area contributed by atoms with Crippen molar-refractivity contribution < 1.29 is 14.6 Å². The number of ether oxygens (including phenoxy) is 1. The van der Waals surface area contributed by atoms with Crippen LogP contribution in [0.4, 0.5) is 5.69 Å². The fraction of sp³-hybridized carbons (Fsp3) is 0.533. The van der Waals surface area contributed by atoms with E-state index in [1.165, 1.54) is 7.11 Å². The van der Waals surface area contributed by atoms with Gasteiger partial charge in [-0.1, -0.05) is 25.3 Å². The quantitative estimate of drug-likeness (QED) is 0.732. The molecule has 5 heteroatoms. The molecule has 4 N–H and O–H groups in total. The Morgan fingerprint density at radius 1 is 1.40 bits per heavy atom. The average Bonchev–Trinajstić information content (AvgIpc) is 2.45. The second-order valence-electron chi connectivity index (χ2n) is 5.39. The lowest BCUT2D eigenvalue weighted by molar-refractivity contribution is 0.00523. The van der Waals surface area contributed by atoms with Crippen LogP contribution in [-0.4, -0.2) is 30.3 Å². The summed E-state index contributed by atoms with van der Waals surface area (Å²) in [6.45, 7) is 0.253. The van der Waals surface area contributed by atoms with Crippen molar-refractivity contribution in [3.05, 3.63) is 23.8 Å². The van der Waals surface area contributed by atoms with E-state index in [1.807, 2.05) is 0 Å². The van der Waals surface area contributed by atoms with Gasteiger partial charge in [0.15, 0.2) is 0 Å². The van der Waals surface area contributed by atoms with Crippen molar-refractivity contribution in [2.75, 3.05) is 19.4 Å². The fourth-order valence-electron chi connectivity index (χ4n) is 2.68. The van der Waals surface area contributed by atoms with Crippen molar-refractivity contribution in [2.45, 2.75) is 37.7 Å². The Kier molecular flexibility index (Phi) is 4.49. The first-order chi connectivity index (χ1) is 9.56. The minimum Gasteiger partial charge on any atom is -0.496 e. The monoisotopic (exact) mass is 278 g/mol. The van der Waals surface area contributed by atoms with Gasteiger partial charge in [-0.3, -0.25) is 4.79 Å². The predicted octanol–water partition coefficient (Wildman–Crippen LogP) is 1.70. The van der Waals surface area contributed by atoms with Crippen LogP contribution < -0.4 is 15.8 Å². The molecule has 110 valence electrons. The maximum Gasteiger partial charge on any atom is 0.257 e. The van der Waals surface area contributed by atoms with Crippen molar-refractivity contribution in [3.63, 3.8) is 0 Å². The summed E-state index contributed by atoms with van der Waals surface area (Å²) in [5.74, 6) is 0.136. The van der Waals surface area contributed by atoms with Gasteiger partial charge in [0.2, 0.25) is 0 Å². The smallest absolute Gasteiger partial charge is 0.257 e. The second-order valence-corrected chi connectivity index (χ2v) is 5.39. The average molecular weight is 278 g/mol. The van der Waals surface area contributed by atoms with Crippen molar-refractivity contribution in [2.24, 2.45) is 0 Å². The minimum absolute atomic E-state index is 0.253. The highest BCUT2D eigenvalue weighted by Gasteiger charge is 2.30. The number of benzene rings is 1. The molecule has 5 nitrogen and oxygen atoms in total. The van der Waals surface area contributed by atoms with Crippen molar-refractivity contribution in [3.8, 4) is 5.75 Å². The lowest BCUT2D eigenvalue weighted by atomic mass is 9.85. The largest absolute Gasteiger partial charge is 0.496 e. The SMILES string of the molecule is COc1cccc(N)c1C(=O)NCC1(O)CCCCC1. The second kappa shape index (κ2) is 6.13. The van der Waals surface area contributed by atoms with E-state index in [0.717, 1.165) is 32.1 Å². The number of hydrogen-bond acceptors (Lipinski definition) is 4. The zero-order valence-electron chi connectivity index (χ0n) is 11.8. The summed E-state index contributed by atoms with van der Waals surface area (Å²) in [4.78, 5) is 12.2. The molecule has 0 aromatic heterocycles. The van der Waals surface area contributed by atoms with Crippen molar-refractivity contribution >= 4 is 11.6 Å². The molecule has 0 bridgehead atoms. The van der Waals surface area contributed by atoms with Crippen LogP contribution in [0.1, 0.15) is 42.5 Å². The summed E-state index contributed by atoms with van der Waals surface area (Å²) in [6, 6.07) is 5.09. The number of nitrogen functional groups attached to an aromatic ring is 1. The molecule has 2 rings (SSSR count). The number of carbonyl (C=O) groups is 1. The molecular formula is C15H22N2O3. The lowest BCUT2D eigenvalue weighted by Gasteiger charge is -2.32.